The number of hydrogen-bond donors (Lipinski definition) is 0. The van der Waals surface area contributed by atoms with Crippen LogP contribution in [0.2, 0.25) is 0 Å². The number of rotatable bonds is 13. The van der Waals surface area contributed by atoms with Gasteiger partial charge in [-0.05, 0) is 6.42 Å². The molecule has 1 heterocycles. The van der Waals surface area contributed by atoms with Crippen molar-refractivity contribution in [3.8, 4) is 0 Å². The summed E-state index contributed by atoms with van der Waals surface area (Å²) in [5.74, 6) is -36.7. The number of aromatic nitrogens is 3. The lowest BCUT2D eigenvalue weighted by atomic mass is 9.92. The van der Waals surface area contributed by atoms with E-state index in [1.54, 1.807) is 0 Å². The van der Waals surface area contributed by atoms with Crippen molar-refractivity contribution < 1.29 is 61.6 Å². The van der Waals surface area contributed by atoms with Gasteiger partial charge in [0, 0.05) is 5.10 Å². The standard InChI is InChI=1S/C17H21F13N3/c1-2-3-4-5-6-8-32-10-31-33(11-32)9-7-12(18,19)13(20,21)14(22,23)15(24,25)16(26,27)17(28,29)30/h10-11H,2-9H2,1H3/q+1. The second-order valence-electron chi connectivity index (χ2n) is 7.41. The molecule has 0 saturated carbocycles. The Morgan fingerprint density at radius 2 is 1.21 bits per heavy atom. The van der Waals surface area contributed by atoms with Crippen molar-refractivity contribution in [2.24, 2.45) is 0 Å². The summed E-state index contributed by atoms with van der Waals surface area (Å²) in [5, 5.41) is 3.50. The van der Waals surface area contributed by atoms with Crippen LogP contribution in [0.4, 0.5) is 57.1 Å². The van der Waals surface area contributed by atoms with Crippen molar-refractivity contribution in [2.75, 3.05) is 0 Å². The van der Waals surface area contributed by atoms with Crippen molar-refractivity contribution in [3.05, 3.63) is 12.7 Å². The largest absolute Gasteiger partial charge is 0.460 e. The molecule has 1 aromatic rings. The van der Waals surface area contributed by atoms with Crippen LogP contribution in [-0.2, 0) is 13.1 Å². The molecule has 0 bridgehead atoms. The molecule has 16 heteroatoms. The van der Waals surface area contributed by atoms with E-state index in [0.717, 1.165) is 38.3 Å². The number of halogens is 13. The van der Waals surface area contributed by atoms with Crippen LogP contribution in [0.15, 0.2) is 12.7 Å². The summed E-state index contributed by atoms with van der Waals surface area (Å²) in [4.78, 5) is 0. The molecule has 3 nitrogen and oxygen atoms in total. The Kier molecular flexibility index (Phi) is 8.73. The van der Waals surface area contributed by atoms with Crippen LogP contribution in [0.1, 0.15) is 45.4 Å². The Morgan fingerprint density at radius 3 is 1.73 bits per heavy atom. The first-order chi connectivity index (χ1) is 14.8. The third-order valence-electron chi connectivity index (χ3n) is 4.80. The molecule has 194 valence electrons. The van der Waals surface area contributed by atoms with Gasteiger partial charge in [0.2, 0.25) is 6.33 Å². The third kappa shape index (κ3) is 5.66. The Morgan fingerprint density at radius 1 is 0.697 bits per heavy atom. The second-order valence-corrected chi connectivity index (χ2v) is 7.41. The van der Waals surface area contributed by atoms with Crippen molar-refractivity contribution in [2.45, 2.75) is 94.3 Å². The molecule has 0 spiro atoms. The van der Waals surface area contributed by atoms with E-state index in [-0.39, 0.29) is 0 Å². The lowest BCUT2D eigenvalue weighted by Crippen LogP contribution is -2.70. The lowest BCUT2D eigenvalue weighted by Gasteiger charge is -2.39. The fraction of sp³-hybridized carbons (Fsp3) is 0.882. The van der Waals surface area contributed by atoms with Gasteiger partial charge in [-0.1, -0.05) is 32.6 Å². The highest BCUT2D eigenvalue weighted by atomic mass is 19.4. The Bertz CT molecular complexity index is 756. The van der Waals surface area contributed by atoms with Gasteiger partial charge in [0.05, 0.1) is 13.0 Å². The SMILES string of the molecule is CCCCCCC[n+]1cnn(CCC(F)(F)C(F)(F)C(F)(F)C(F)(F)C(F)(F)C(F)(F)F)c1. The Balaban J connectivity index is 2.95. The number of alkyl halides is 13. The zero-order chi connectivity index (χ0) is 25.9. The zero-order valence-corrected chi connectivity index (χ0v) is 17.1. The average molecular weight is 514 g/mol. The minimum Gasteiger partial charge on any atom is -0.237 e. The molecule has 0 fully saturated rings. The minimum absolute atomic E-state index is 0.340. The van der Waals surface area contributed by atoms with Crippen LogP contribution in [0.5, 0.6) is 0 Å². The maximum Gasteiger partial charge on any atom is 0.460 e. The first-order valence-electron chi connectivity index (χ1n) is 9.63. The lowest BCUT2D eigenvalue weighted by molar-refractivity contribution is -0.698. The molecule has 1 aromatic heterocycles. The van der Waals surface area contributed by atoms with Gasteiger partial charge in [-0.3, -0.25) is 0 Å². The second kappa shape index (κ2) is 9.84. The van der Waals surface area contributed by atoms with Crippen molar-refractivity contribution in [1.29, 1.82) is 0 Å². The van der Waals surface area contributed by atoms with E-state index in [9.17, 15) is 57.1 Å². The maximum absolute atomic E-state index is 13.8. The molecular weight excluding hydrogens is 493 g/mol. The number of aryl methyl sites for hydroxylation is 2. The normalized spacial score (nSPS) is 14.7. The van der Waals surface area contributed by atoms with Gasteiger partial charge in [0.25, 0.3) is 6.33 Å². The van der Waals surface area contributed by atoms with E-state index >= 15 is 0 Å². The molecule has 0 saturated heterocycles. The van der Waals surface area contributed by atoms with E-state index in [2.05, 4.69) is 5.10 Å². The van der Waals surface area contributed by atoms with Gasteiger partial charge in [-0.2, -0.15) is 57.1 Å². The summed E-state index contributed by atoms with van der Waals surface area (Å²) in [6.07, 6.45) is -3.29. The van der Waals surface area contributed by atoms with Gasteiger partial charge < -0.3 is 0 Å². The van der Waals surface area contributed by atoms with Crippen LogP contribution in [0, 0.1) is 0 Å². The first kappa shape index (κ1) is 29.3. The number of nitrogens with zero attached hydrogens (tertiary/aromatic N) is 3. The van der Waals surface area contributed by atoms with Crippen LogP contribution < -0.4 is 4.57 Å². The molecular formula is C17H21F13N3+. The van der Waals surface area contributed by atoms with Crippen LogP contribution in [0.25, 0.3) is 0 Å². The fourth-order valence-electron chi connectivity index (χ4n) is 2.71. The summed E-state index contributed by atoms with van der Waals surface area (Å²) in [7, 11) is 0. The van der Waals surface area contributed by atoms with Gasteiger partial charge in [0.1, 0.15) is 6.54 Å². The molecule has 0 aliphatic rings. The number of unbranched alkanes of at least 4 members (excludes halogenated alkanes) is 4. The highest BCUT2D eigenvalue weighted by Crippen LogP contribution is 2.60. The Labute approximate surface area is 179 Å². The smallest absolute Gasteiger partial charge is 0.237 e. The fourth-order valence-corrected chi connectivity index (χ4v) is 2.71. The molecule has 0 aliphatic heterocycles. The third-order valence-corrected chi connectivity index (χ3v) is 4.80. The predicted molar refractivity (Wildman–Crippen MR) is 86.6 cm³/mol. The molecule has 0 amide bonds. The van der Waals surface area contributed by atoms with E-state index in [1.807, 2.05) is 6.92 Å². The molecule has 33 heavy (non-hydrogen) atoms. The summed E-state index contributed by atoms with van der Waals surface area (Å²) >= 11 is 0. The molecule has 1 rings (SSSR count). The topological polar surface area (TPSA) is 21.7 Å². The predicted octanol–water partition coefficient (Wildman–Crippen LogP) is 6.27. The molecule has 0 atom stereocenters. The molecule has 0 unspecified atom stereocenters. The van der Waals surface area contributed by atoms with Gasteiger partial charge >= 0.3 is 35.8 Å². The quantitative estimate of drug-likeness (QED) is 0.173. The van der Waals surface area contributed by atoms with Crippen molar-refractivity contribution in [3.63, 3.8) is 0 Å². The summed E-state index contributed by atoms with van der Waals surface area (Å²) in [5.41, 5.74) is 0. The number of hydrogen-bond acceptors (Lipinski definition) is 1. The summed E-state index contributed by atoms with van der Waals surface area (Å²) < 4.78 is 172. The van der Waals surface area contributed by atoms with Crippen molar-refractivity contribution in [1.82, 2.24) is 9.78 Å². The first-order valence-corrected chi connectivity index (χ1v) is 9.63. The molecule has 0 aromatic carbocycles. The molecule has 0 radical (unpaired) electrons. The monoisotopic (exact) mass is 514 g/mol. The zero-order valence-electron chi connectivity index (χ0n) is 17.1. The van der Waals surface area contributed by atoms with Gasteiger partial charge in [-0.15, -0.1) is 4.68 Å². The highest BCUT2D eigenvalue weighted by molar-refractivity contribution is 5.10. The molecule has 0 N–H and O–H groups in total. The van der Waals surface area contributed by atoms with E-state index in [1.165, 1.54) is 4.57 Å². The van der Waals surface area contributed by atoms with Crippen LogP contribution in [-0.4, -0.2) is 45.6 Å². The average Bonchev–Trinajstić information content (AvgIpc) is 3.12. The van der Waals surface area contributed by atoms with Gasteiger partial charge in [-0.25, -0.2) is 4.57 Å². The van der Waals surface area contributed by atoms with E-state index in [4.69, 9.17) is 0 Å². The van der Waals surface area contributed by atoms with Gasteiger partial charge in [0.15, 0.2) is 0 Å². The summed E-state index contributed by atoms with van der Waals surface area (Å²) in [6.45, 7) is 1.08. The Hall–Kier alpha value is -1.77. The van der Waals surface area contributed by atoms with Crippen LogP contribution in [0.3, 0.4) is 0 Å². The summed E-state index contributed by atoms with van der Waals surface area (Å²) in [6, 6.07) is 0. The molecule has 0 aliphatic carbocycles. The minimum atomic E-state index is -7.88. The van der Waals surface area contributed by atoms with Crippen molar-refractivity contribution >= 4 is 0 Å². The van der Waals surface area contributed by atoms with Crippen LogP contribution >= 0.6 is 0 Å². The maximum atomic E-state index is 13.8. The van der Waals surface area contributed by atoms with E-state index < -0.39 is 48.8 Å². The highest BCUT2D eigenvalue weighted by Gasteiger charge is 2.90. The van der Waals surface area contributed by atoms with E-state index in [0.29, 0.717) is 17.6 Å².